The first-order valence-corrected chi connectivity index (χ1v) is 10.3. The normalized spacial score (nSPS) is 31.4. The van der Waals surface area contributed by atoms with Gasteiger partial charge in [0.05, 0.1) is 12.7 Å². The van der Waals surface area contributed by atoms with Crippen LogP contribution < -0.4 is 9.47 Å². The molecule has 1 saturated heterocycles. The maximum atomic E-state index is 12.5. The summed E-state index contributed by atoms with van der Waals surface area (Å²) in [5, 5.41) is 59.5. The van der Waals surface area contributed by atoms with Gasteiger partial charge >= 0.3 is 5.97 Å². The van der Waals surface area contributed by atoms with E-state index in [1.165, 1.54) is 30.3 Å². The van der Waals surface area contributed by atoms with Crippen LogP contribution in [0.3, 0.4) is 0 Å². The molecular weight excluding hydrogens is 436 g/mol. The minimum Gasteiger partial charge on any atom is -0.508 e. The van der Waals surface area contributed by atoms with Crippen molar-refractivity contribution in [3.63, 3.8) is 0 Å². The predicted octanol–water partition coefficient (Wildman–Crippen LogP) is -0.523. The fourth-order valence-corrected chi connectivity index (χ4v) is 3.78. The molecule has 0 aromatic heterocycles. The molecular formula is C23H24O10. The number of aromatic hydroxyl groups is 1. The highest BCUT2D eigenvalue weighted by Crippen LogP contribution is 2.33. The SMILES string of the molecule is O=C1/C=C(/c2ccc(O)cc2)[C@H](O)Cc2ccc(OC3OC(CO)C(O)C(O)C3O)cc2O1. The fraction of sp³-hybridized carbons (Fsp3) is 0.348. The van der Waals surface area contributed by atoms with Gasteiger partial charge in [-0.05, 0) is 34.9 Å². The Morgan fingerprint density at radius 1 is 0.970 bits per heavy atom. The minimum atomic E-state index is -1.60. The number of carbonyl (C=O) groups is 1. The second kappa shape index (κ2) is 9.48. The van der Waals surface area contributed by atoms with Crippen LogP contribution in [0.25, 0.3) is 5.57 Å². The molecule has 0 aliphatic carbocycles. The summed E-state index contributed by atoms with van der Waals surface area (Å²) in [6.45, 7) is -0.597. The largest absolute Gasteiger partial charge is 0.508 e. The van der Waals surface area contributed by atoms with E-state index in [-0.39, 0.29) is 23.7 Å². The molecule has 6 atom stereocenters. The van der Waals surface area contributed by atoms with Crippen LogP contribution in [0.5, 0.6) is 17.2 Å². The molecule has 2 aliphatic rings. The van der Waals surface area contributed by atoms with E-state index in [0.717, 1.165) is 0 Å². The molecule has 0 radical (unpaired) electrons. The van der Waals surface area contributed by atoms with Crippen LogP contribution in [0, 0.1) is 0 Å². The van der Waals surface area contributed by atoms with Crippen molar-refractivity contribution in [3.05, 3.63) is 59.7 Å². The van der Waals surface area contributed by atoms with Gasteiger partial charge in [0.2, 0.25) is 6.29 Å². The third-order valence-electron chi connectivity index (χ3n) is 5.60. The lowest BCUT2D eigenvalue weighted by Gasteiger charge is -2.39. The highest BCUT2D eigenvalue weighted by Gasteiger charge is 2.44. The van der Waals surface area contributed by atoms with Crippen molar-refractivity contribution in [2.75, 3.05) is 6.61 Å². The van der Waals surface area contributed by atoms with Crippen molar-refractivity contribution in [2.45, 2.75) is 43.2 Å². The summed E-state index contributed by atoms with van der Waals surface area (Å²) < 4.78 is 16.3. The number of hydrogen-bond acceptors (Lipinski definition) is 10. The number of rotatable bonds is 4. The monoisotopic (exact) mass is 460 g/mol. The highest BCUT2D eigenvalue weighted by molar-refractivity contribution is 5.94. The third kappa shape index (κ3) is 4.86. The van der Waals surface area contributed by atoms with Gasteiger partial charge in [0.1, 0.15) is 41.7 Å². The number of esters is 1. The number of phenolic OH excluding ortho intramolecular Hbond substituents is 1. The average Bonchev–Trinajstić information content (AvgIpc) is 2.79. The van der Waals surface area contributed by atoms with Crippen LogP contribution in [0.4, 0.5) is 0 Å². The van der Waals surface area contributed by atoms with Crippen LogP contribution in [0.1, 0.15) is 11.1 Å². The molecule has 0 amide bonds. The first-order valence-electron chi connectivity index (χ1n) is 10.3. The van der Waals surface area contributed by atoms with E-state index < -0.39 is 49.4 Å². The lowest BCUT2D eigenvalue weighted by molar-refractivity contribution is -0.277. The Labute approximate surface area is 188 Å². The van der Waals surface area contributed by atoms with Crippen LogP contribution in [0.2, 0.25) is 0 Å². The molecule has 0 spiro atoms. The number of carbonyl (C=O) groups excluding carboxylic acids is 1. The number of fused-ring (bicyclic) bond motifs is 1. The Morgan fingerprint density at radius 3 is 2.39 bits per heavy atom. The Bertz CT molecular complexity index is 1030. The summed E-state index contributed by atoms with van der Waals surface area (Å²) in [5.41, 5.74) is 1.41. The first-order chi connectivity index (χ1) is 15.8. The first kappa shape index (κ1) is 23.2. The second-order valence-corrected chi connectivity index (χ2v) is 7.87. The third-order valence-corrected chi connectivity index (χ3v) is 5.60. The van der Waals surface area contributed by atoms with Gasteiger partial charge in [-0.1, -0.05) is 18.2 Å². The van der Waals surface area contributed by atoms with Crippen LogP contribution in [0.15, 0.2) is 48.5 Å². The van der Waals surface area contributed by atoms with Crippen molar-refractivity contribution >= 4 is 11.5 Å². The maximum absolute atomic E-state index is 12.5. The zero-order valence-corrected chi connectivity index (χ0v) is 17.3. The quantitative estimate of drug-likeness (QED) is 0.258. The van der Waals surface area contributed by atoms with E-state index in [2.05, 4.69) is 0 Å². The number of benzene rings is 2. The van der Waals surface area contributed by atoms with Crippen molar-refractivity contribution in [1.29, 1.82) is 0 Å². The molecule has 176 valence electrons. The zero-order chi connectivity index (χ0) is 23.7. The van der Waals surface area contributed by atoms with Crippen molar-refractivity contribution < 1.29 is 49.6 Å². The summed E-state index contributed by atoms with van der Waals surface area (Å²) in [6, 6.07) is 10.5. The number of ether oxygens (including phenoxy) is 3. The average molecular weight is 460 g/mol. The van der Waals surface area contributed by atoms with Gasteiger partial charge in [0.25, 0.3) is 0 Å². The summed E-state index contributed by atoms with van der Waals surface area (Å²) in [4.78, 5) is 12.5. The molecule has 10 nitrogen and oxygen atoms in total. The van der Waals surface area contributed by atoms with E-state index in [1.54, 1.807) is 18.2 Å². The van der Waals surface area contributed by atoms with Crippen molar-refractivity contribution in [2.24, 2.45) is 0 Å². The molecule has 10 heteroatoms. The molecule has 5 unspecified atom stereocenters. The molecule has 2 aromatic rings. The van der Waals surface area contributed by atoms with E-state index in [1.807, 2.05) is 0 Å². The second-order valence-electron chi connectivity index (χ2n) is 7.87. The van der Waals surface area contributed by atoms with E-state index in [4.69, 9.17) is 14.2 Å². The summed E-state index contributed by atoms with van der Waals surface area (Å²) in [6.07, 6.45) is -6.97. The van der Waals surface area contributed by atoms with Crippen molar-refractivity contribution in [1.82, 2.24) is 0 Å². The molecule has 0 saturated carbocycles. The number of aliphatic hydroxyl groups is 5. The fourth-order valence-electron chi connectivity index (χ4n) is 3.78. The van der Waals surface area contributed by atoms with Crippen LogP contribution in [-0.4, -0.2) is 80.0 Å². The maximum Gasteiger partial charge on any atom is 0.336 e. The van der Waals surface area contributed by atoms with Crippen molar-refractivity contribution in [3.8, 4) is 17.2 Å². The predicted molar refractivity (Wildman–Crippen MR) is 112 cm³/mol. The molecule has 2 aliphatic heterocycles. The van der Waals surface area contributed by atoms with Crippen LogP contribution >= 0.6 is 0 Å². The Balaban J connectivity index is 1.55. The van der Waals surface area contributed by atoms with Gasteiger partial charge < -0.3 is 44.8 Å². The number of hydrogen-bond donors (Lipinski definition) is 6. The summed E-state index contributed by atoms with van der Waals surface area (Å²) in [5.74, 6) is -0.423. The highest BCUT2D eigenvalue weighted by atomic mass is 16.7. The number of phenols is 1. The van der Waals surface area contributed by atoms with Gasteiger partial charge in [0, 0.05) is 18.6 Å². The topological polar surface area (TPSA) is 166 Å². The lowest BCUT2D eigenvalue weighted by Crippen LogP contribution is -2.60. The van der Waals surface area contributed by atoms with E-state index in [0.29, 0.717) is 16.7 Å². The summed E-state index contributed by atoms with van der Waals surface area (Å²) >= 11 is 0. The molecule has 4 rings (SSSR count). The molecule has 1 fully saturated rings. The summed E-state index contributed by atoms with van der Waals surface area (Å²) in [7, 11) is 0. The van der Waals surface area contributed by atoms with Gasteiger partial charge in [-0.15, -0.1) is 0 Å². The lowest BCUT2D eigenvalue weighted by atomic mass is 9.94. The van der Waals surface area contributed by atoms with Gasteiger partial charge in [-0.25, -0.2) is 4.79 Å². The van der Waals surface area contributed by atoms with E-state index in [9.17, 15) is 35.4 Å². The Kier molecular flexibility index (Phi) is 6.66. The standard InChI is InChI=1S/C23H24O10/c24-10-18-20(28)21(29)22(30)23(33-18)31-14-6-3-12-7-16(26)15(9-19(27)32-17(12)8-14)11-1-4-13(25)5-2-11/h1-6,8-9,16,18,20-26,28-30H,7,10H2/b15-9-/t16-,18?,20?,21?,22?,23?/m1/s1. The molecule has 33 heavy (non-hydrogen) atoms. The molecule has 0 bridgehead atoms. The van der Waals surface area contributed by atoms with Gasteiger partial charge in [0.15, 0.2) is 0 Å². The van der Waals surface area contributed by atoms with Gasteiger partial charge in [-0.3, -0.25) is 0 Å². The molecule has 2 aromatic carbocycles. The molecule has 6 N–H and O–H groups in total. The minimum absolute atomic E-state index is 0.0551. The Hall–Kier alpha value is -2.99. The smallest absolute Gasteiger partial charge is 0.336 e. The Morgan fingerprint density at radius 2 is 1.70 bits per heavy atom. The van der Waals surface area contributed by atoms with E-state index >= 15 is 0 Å². The van der Waals surface area contributed by atoms with Gasteiger partial charge in [-0.2, -0.15) is 0 Å². The van der Waals surface area contributed by atoms with Crippen LogP contribution in [-0.2, 0) is 16.0 Å². The molecule has 2 heterocycles. The number of aliphatic hydroxyl groups excluding tert-OH is 5. The zero-order valence-electron chi connectivity index (χ0n) is 17.3.